The van der Waals surface area contributed by atoms with E-state index in [1.807, 2.05) is 30.3 Å². The fourth-order valence-corrected chi connectivity index (χ4v) is 3.16. The largest absolute Gasteiger partial charge is 0.370 e. The summed E-state index contributed by atoms with van der Waals surface area (Å²) in [5.41, 5.74) is 3.53. The SMILES string of the molecule is CCNC(=NCCCc1cn[nH]c1C)N1CCOC(c2cnn(C)c2)C1.I. The lowest BCUT2D eigenvalue weighted by Gasteiger charge is -2.34. The van der Waals surface area contributed by atoms with Crippen molar-refractivity contribution in [3.63, 3.8) is 0 Å². The lowest BCUT2D eigenvalue weighted by molar-refractivity contribution is -0.00804. The molecular weight excluding hydrogens is 457 g/mol. The van der Waals surface area contributed by atoms with Crippen molar-refractivity contribution in [3.05, 3.63) is 35.4 Å². The van der Waals surface area contributed by atoms with Crippen molar-refractivity contribution in [2.75, 3.05) is 32.8 Å². The number of ether oxygens (including phenoxy) is 1. The third-order valence-electron chi connectivity index (χ3n) is 4.60. The summed E-state index contributed by atoms with van der Waals surface area (Å²) < 4.78 is 7.75. The molecule has 0 aliphatic carbocycles. The molecular formula is C18H30IN7O. The van der Waals surface area contributed by atoms with E-state index >= 15 is 0 Å². The Kier molecular flexibility index (Phi) is 8.55. The zero-order valence-electron chi connectivity index (χ0n) is 16.3. The van der Waals surface area contributed by atoms with Gasteiger partial charge in [0.15, 0.2) is 5.96 Å². The molecule has 2 N–H and O–H groups in total. The molecule has 8 nitrogen and oxygen atoms in total. The van der Waals surface area contributed by atoms with Crippen LogP contribution in [0.1, 0.15) is 36.3 Å². The number of aliphatic imine (C=N–C) groups is 1. The van der Waals surface area contributed by atoms with E-state index in [0.29, 0.717) is 6.61 Å². The Hall–Kier alpha value is -1.62. The van der Waals surface area contributed by atoms with Gasteiger partial charge >= 0.3 is 0 Å². The van der Waals surface area contributed by atoms with Gasteiger partial charge in [-0.25, -0.2) is 0 Å². The van der Waals surface area contributed by atoms with E-state index in [0.717, 1.165) is 56.2 Å². The first-order chi connectivity index (χ1) is 12.7. The van der Waals surface area contributed by atoms with E-state index in [1.165, 1.54) is 5.56 Å². The van der Waals surface area contributed by atoms with Crippen LogP contribution in [0.2, 0.25) is 0 Å². The first-order valence-corrected chi connectivity index (χ1v) is 9.29. The highest BCUT2D eigenvalue weighted by Crippen LogP contribution is 2.21. The van der Waals surface area contributed by atoms with Crippen molar-refractivity contribution in [2.24, 2.45) is 12.0 Å². The first kappa shape index (κ1) is 21.7. The van der Waals surface area contributed by atoms with Gasteiger partial charge in [0, 0.05) is 44.1 Å². The van der Waals surface area contributed by atoms with Crippen LogP contribution >= 0.6 is 24.0 Å². The van der Waals surface area contributed by atoms with E-state index in [1.54, 1.807) is 0 Å². The lowest BCUT2D eigenvalue weighted by atomic mass is 10.1. The van der Waals surface area contributed by atoms with Crippen molar-refractivity contribution in [1.82, 2.24) is 30.2 Å². The van der Waals surface area contributed by atoms with Gasteiger partial charge < -0.3 is 15.0 Å². The van der Waals surface area contributed by atoms with Crippen LogP contribution in [0.5, 0.6) is 0 Å². The number of aryl methyl sites for hydroxylation is 3. The molecule has 150 valence electrons. The summed E-state index contributed by atoms with van der Waals surface area (Å²) in [6.45, 7) is 8.14. The molecule has 2 aromatic rings. The number of hydrogen-bond donors (Lipinski definition) is 2. The summed E-state index contributed by atoms with van der Waals surface area (Å²) in [5.74, 6) is 0.966. The molecule has 0 amide bonds. The number of aromatic amines is 1. The van der Waals surface area contributed by atoms with E-state index in [9.17, 15) is 0 Å². The summed E-state index contributed by atoms with van der Waals surface area (Å²) in [6.07, 6.45) is 7.84. The summed E-state index contributed by atoms with van der Waals surface area (Å²) in [6, 6.07) is 0. The van der Waals surface area contributed by atoms with Crippen LogP contribution in [0.15, 0.2) is 23.6 Å². The summed E-state index contributed by atoms with van der Waals surface area (Å²) in [5, 5.41) is 14.7. The van der Waals surface area contributed by atoms with E-state index in [-0.39, 0.29) is 30.1 Å². The molecule has 2 aromatic heterocycles. The average Bonchev–Trinajstić information content (AvgIpc) is 3.26. The van der Waals surface area contributed by atoms with Gasteiger partial charge in [-0.2, -0.15) is 10.2 Å². The number of halogens is 1. The van der Waals surface area contributed by atoms with Gasteiger partial charge in [-0.3, -0.25) is 14.8 Å². The Labute approximate surface area is 177 Å². The number of nitrogens with one attached hydrogen (secondary N) is 2. The molecule has 1 unspecified atom stereocenters. The second kappa shape index (κ2) is 10.6. The van der Waals surface area contributed by atoms with Crippen LogP contribution in [-0.2, 0) is 18.2 Å². The third kappa shape index (κ3) is 5.93. The number of morpholine rings is 1. The Morgan fingerprint density at radius 3 is 2.96 bits per heavy atom. The van der Waals surface area contributed by atoms with Gasteiger partial charge in [-0.15, -0.1) is 24.0 Å². The minimum Gasteiger partial charge on any atom is -0.370 e. The number of aromatic nitrogens is 4. The molecule has 1 fully saturated rings. The third-order valence-corrected chi connectivity index (χ3v) is 4.60. The zero-order valence-corrected chi connectivity index (χ0v) is 18.6. The number of guanidine groups is 1. The molecule has 1 saturated heterocycles. The standard InChI is InChI=1S/C18H29N7O.HI/c1-4-19-18(20-7-5-6-15-10-21-23-14(15)2)25-8-9-26-17(13-25)16-11-22-24(3)12-16;/h10-12,17H,4-9,13H2,1-3H3,(H,19,20)(H,21,23);1H. The highest BCUT2D eigenvalue weighted by Gasteiger charge is 2.25. The molecule has 0 bridgehead atoms. The Balaban J connectivity index is 0.00000261. The number of hydrogen-bond acceptors (Lipinski definition) is 4. The summed E-state index contributed by atoms with van der Waals surface area (Å²) in [7, 11) is 1.93. The van der Waals surface area contributed by atoms with Crippen LogP contribution in [-0.4, -0.2) is 63.6 Å². The van der Waals surface area contributed by atoms with Crippen LogP contribution < -0.4 is 5.32 Å². The normalized spacial score (nSPS) is 17.7. The Morgan fingerprint density at radius 1 is 1.44 bits per heavy atom. The number of nitrogens with zero attached hydrogens (tertiary/aromatic N) is 5. The topological polar surface area (TPSA) is 83.4 Å². The quantitative estimate of drug-likeness (QED) is 0.282. The number of H-pyrrole nitrogens is 1. The molecule has 0 radical (unpaired) electrons. The molecule has 0 saturated carbocycles. The molecule has 1 aliphatic heterocycles. The van der Waals surface area contributed by atoms with Gasteiger partial charge in [-0.05, 0) is 32.3 Å². The molecule has 0 spiro atoms. The maximum Gasteiger partial charge on any atom is 0.194 e. The highest BCUT2D eigenvalue weighted by atomic mass is 127. The van der Waals surface area contributed by atoms with Crippen LogP contribution in [0.3, 0.4) is 0 Å². The average molecular weight is 487 g/mol. The fourth-order valence-electron chi connectivity index (χ4n) is 3.16. The maximum atomic E-state index is 5.94. The van der Waals surface area contributed by atoms with Gasteiger partial charge in [0.2, 0.25) is 0 Å². The predicted molar refractivity (Wildman–Crippen MR) is 117 cm³/mol. The van der Waals surface area contributed by atoms with Gasteiger partial charge in [0.25, 0.3) is 0 Å². The smallest absolute Gasteiger partial charge is 0.194 e. The number of rotatable bonds is 6. The van der Waals surface area contributed by atoms with Crippen LogP contribution in [0, 0.1) is 6.92 Å². The van der Waals surface area contributed by atoms with E-state index in [4.69, 9.17) is 9.73 Å². The second-order valence-corrected chi connectivity index (χ2v) is 6.61. The monoisotopic (exact) mass is 487 g/mol. The van der Waals surface area contributed by atoms with Crippen molar-refractivity contribution < 1.29 is 4.74 Å². The maximum absolute atomic E-state index is 5.94. The lowest BCUT2D eigenvalue weighted by Crippen LogP contribution is -2.48. The Bertz CT molecular complexity index is 727. The van der Waals surface area contributed by atoms with Crippen molar-refractivity contribution in [1.29, 1.82) is 0 Å². The minimum atomic E-state index is 0. The molecule has 27 heavy (non-hydrogen) atoms. The van der Waals surface area contributed by atoms with Crippen LogP contribution in [0.25, 0.3) is 0 Å². The summed E-state index contributed by atoms with van der Waals surface area (Å²) in [4.78, 5) is 7.11. The van der Waals surface area contributed by atoms with Gasteiger partial charge in [0.1, 0.15) is 6.10 Å². The zero-order chi connectivity index (χ0) is 18.4. The predicted octanol–water partition coefficient (Wildman–Crippen LogP) is 2.04. The molecule has 1 aliphatic rings. The van der Waals surface area contributed by atoms with Gasteiger partial charge in [0.05, 0.1) is 25.5 Å². The van der Waals surface area contributed by atoms with Crippen molar-refractivity contribution in [3.8, 4) is 0 Å². The molecule has 9 heteroatoms. The van der Waals surface area contributed by atoms with Crippen LogP contribution in [0.4, 0.5) is 0 Å². The van der Waals surface area contributed by atoms with E-state index < -0.39 is 0 Å². The van der Waals surface area contributed by atoms with E-state index in [2.05, 4.69) is 39.4 Å². The van der Waals surface area contributed by atoms with Crippen molar-refractivity contribution in [2.45, 2.75) is 32.8 Å². The summed E-state index contributed by atoms with van der Waals surface area (Å²) >= 11 is 0. The van der Waals surface area contributed by atoms with Gasteiger partial charge in [-0.1, -0.05) is 0 Å². The fraction of sp³-hybridized carbons (Fsp3) is 0.611. The molecule has 3 heterocycles. The molecule has 0 aromatic carbocycles. The first-order valence-electron chi connectivity index (χ1n) is 9.29. The van der Waals surface area contributed by atoms with Crippen molar-refractivity contribution >= 4 is 29.9 Å². The second-order valence-electron chi connectivity index (χ2n) is 6.61. The Morgan fingerprint density at radius 2 is 2.30 bits per heavy atom. The molecule has 1 atom stereocenters. The molecule has 3 rings (SSSR count). The minimum absolute atomic E-state index is 0. The highest BCUT2D eigenvalue weighted by molar-refractivity contribution is 14.0.